The van der Waals surface area contributed by atoms with E-state index in [1.165, 1.54) is 0 Å². The minimum atomic E-state index is 0.266. The molecule has 0 spiro atoms. The molecule has 1 aliphatic carbocycles. The quantitative estimate of drug-likeness (QED) is 0.660. The summed E-state index contributed by atoms with van der Waals surface area (Å²) in [6.07, 6.45) is 4.15. The molecule has 2 rings (SSSR count). The Kier molecular flexibility index (Phi) is 2.30. The summed E-state index contributed by atoms with van der Waals surface area (Å²) < 4.78 is 5.21. The van der Waals surface area contributed by atoms with Crippen molar-refractivity contribution >= 4 is 5.91 Å². The van der Waals surface area contributed by atoms with Crippen molar-refractivity contribution in [3.8, 4) is 0 Å². The third-order valence-electron chi connectivity index (χ3n) is 2.52. The van der Waals surface area contributed by atoms with E-state index in [9.17, 15) is 4.79 Å². The molecule has 3 nitrogen and oxygen atoms in total. The van der Waals surface area contributed by atoms with Gasteiger partial charge in [0.1, 0.15) is 0 Å². The van der Waals surface area contributed by atoms with Crippen molar-refractivity contribution in [3.63, 3.8) is 0 Å². The maximum Gasteiger partial charge on any atom is 0.223 e. The van der Waals surface area contributed by atoms with Gasteiger partial charge in [-0.15, -0.1) is 0 Å². The molecule has 0 radical (unpaired) electrons. The van der Waals surface area contributed by atoms with E-state index in [0.717, 1.165) is 38.9 Å². The number of nitrogens with one attached hydrogen (secondary N) is 1. The fourth-order valence-corrected chi connectivity index (χ4v) is 1.51. The number of hydrogen-bond acceptors (Lipinski definition) is 2. The van der Waals surface area contributed by atoms with Crippen molar-refractivity contribution in [1.82, 2.24) is 5.32 Å². The van der Waals surface area contributed by atoms with Crippen LogP contribution in [-0.4, -0.2) is 25.2 Å². The van der Waals surface area contributed by atoms with Crippen LogP contribution in [0.15, 0.2) is 0 Å². The molecule has 2 aliphatic rings. The summed E-state index contributed by atoms with van der Waals surface area (Å²) in [5, 5.41) is 3.06. The first-order chi connectivity index (χ1) is 5.86. The van der Waals surface area contributed by atoms with Gasteiger partial charge in [-0.05, 0) is 25.7 Å². The molecule has 1 aliphatic heterocycles. The molecule has 1 saturated heterocycles. The minimum absolute atomic E-state index is 0.266. The Balaban J connectivity index is 1.73. The van der Waals surface area contributed by atoms with E-state index in [4.69, 9.17) is 4.74 Å². The highest BCUT2D eigenvalue weighted by molar-refractivity contribution is 5.81. The van der Waals surface area contributed by atoms with Crippen molar-refractivity contribution in [2.75, 3.05) is 13.2 Å². The van der Waals surface area contributed by atoms with E-state index < -0.39 is 0 Å². The van der Waals surface area contributed by atoms with Gasteiger partial charge >= 0.3 is 0 Å². The molecule has 1 amide bonds. The highest BCUT2D eigenvalue weighted by Gasteiger charge is 2.31. The molecule has 1 saturated carbocycles. The number of carbonyl (C=O) groups is 1. The normalized spacial score (nSPS) is 25.3. The van der Waals surface area contributed by atoms with Gasteiger partial charge in [0.25, 0.3) is 0 Å². The van der Waals surface area contributed by atoms with Gasteiger partial charge in [0, 0.05) is 25.2 Å². The van der Waals surface area contributed by atoms with Crippen LogP contribution in [0.5, 0.6) is 0 Å². The summed E-state index contributed by atoms with van der Waals surface area (Å²) in [4.78, 5) is 11.3. The Morgan fingerprint density at radius 1 is 1.17 bits per heavy atom. The highest BCUT2D eigenvalue weighted by Crippen LogP contribution is 2.29. The average molecular weight is 169 g/mol. The second kappa shape index (κ2) is 3.44. The van der Waals surface area contributed by atoms with E-state index >= 15 is 0 Å². The molecule has 1 N–H and O–H groups in total. The number of hydrogen-bond donors (Lipinski definition) is 1. The Morgan fingerprint density at radius 3 is 2.42 bits per heavy atom. The van der Waals surface area contributed by atoms with Gasteiger partial charge in [0.05, 0.1) is 0 Å². The zero-order chi connectivity index (χ0) is 8.39. The van der Waals surface area contributed by atoms with E-state index in [-0.39, 0.29) is 5.91 Å². The van der Waals surface area contributed by atoms with Gasteiger partial charge < -0.3 is 10.1 Å². The molecule has 0 aromatic heterocycles. The zero-order valence-electron chi connectivity index (χ0n) is 7.21. The lowest BCUT2D eigenvalue weighted by atomic mass is 10.1. The minimum Gasteiger partial charge on any atom is -0.381 e. The van der Waals surface area contributed by atoms with Crippen molar-refractivity contribution in [2.45, 2.75) is 31.7 Å². The molecule has 0 aromatic carbocycles. The Bertz CT molecular complexity index is 171. The van der Waals surface area contributed by atoms with E-state index in [0.29, 0.717) is 12.0 Å². The van der Waals surface area contributed by atoms with E-state index in [1.807, 2.05) is 0 Å². The van der Waals surface area contributed by atoms with Crippen molar-refractivity contribution in [2.24, 2.45) is 5.92 Å². The largest absolute Gasteiger partial charge is 0.381 e. The lowest BCUT2D eigenvalue weighted by Crippen LogP contribution is -2.39. The second-order valence-electron chi connectivity index (χ2n) is 3.67. The second-order valence-corrected chi connectivity index (χ2v) is 3.67. The van der Waals surface area contributed by atoms with Crippen LogP contribution in [0.3, 0.4) is 0 Å². The Morgan fingerprint density at radius 2 is 1.83 bits per heavy atom. The zero-order valence-corrected chi connectivity index (χ0v) is 7.21. The summed E-state index contributed by atoms with van der Waals surface area (Å²) in [6, 6.07) is 0.381. The maximum atomic E-state index is 11.3. The third kappa shape index (κ3) is 1.97. The molecule has 0 unspecified atom stereocenters. The molecule has 68 valence electrons. The van der Waals surface area contributed by atoms with Gasteiger partial charge in [0.15, 0.2) is 0 Å². The smallest absolute Gasteiger partial charge is 0.223 e. The fraction of sp³-hybridized carbons (Fsp3) is 0.889. The fourth-order valence-electron chi connectivity index (χ4n) is 1.51. The molecule has 0 aromatic rings. The SMILES string of the molecule is O=C(NC1CCOCC1)C1CC1. The molecular formula is C9H15NO2. The van der Waals surface area contributed by atoms with Crippen LogP contribution in [-0.2, 0) is 9.53 Å². The molecule has 1 heterocycles. The molecule has 3 heteroatoms. The summed E-state index contributed by atoms with van der Waals surface area (Å²) in [7, 11) is 0. The van der Waals surface area contributed by atoms with Gasteiger partial charge in [-0.3, -0.25) is 4.79 Å². The van der Waals surface area contributed by atoms with E-state index in [2.05, 4.69) is 5.32 Å². The first-order valence-electron chi connectivity index (χ1n) is 4.74. The Labute approximate surface area is 72.5 Å². The number of carbonyl (C=O) groups excluding carboxylic acids is 1. The lowest BCUT2D eigenvalue weighted by Gasteiger charge is -2.22. The monoisotopic (exact) mass is 169 g/mol. The van der Waals surface area contributed by atoms with Crippen molar-refractivity contribution in [3.05, 3.63) is 0 Å². The summed E-state index contributed by atoms with van der Waals surface area (Å²) in [6.45, 7) is 1.60. The van der Waals surface area contributed by atoms with Crippen LogP contribution in [0.2, 0.25) is 0 Å². The summed E-state index contributed by atoms with van der Waals surface area (Å²) in [5.74, 6) is 0.606. The first kappa shape index (κ1) is 8.05. The number of ether oxygens (including phenoxy) is 1. The number of amides is 1. The molecule has 2 fully saturated rings. The molecule has 0 bridgehead atoms. The molecule has 12 heavy (non-hydrogen) atoms. The van der Waals surface area contributed by atoms with Crippen molar-refractivity contribution < 1.29 is 9.53 Å². The summed E-state index contributed by atoms with van der Waals surface area (Å²) in [5.41, 5.74) is 0. The maximum absolute atomic E-state index is 11.3. The Hall–Kier alpha value is -0.570. The van der Waals surface area contributed by atoms with Crippen LogP contribution in [0.4, 0.5) is 0 Å². The summed E-state index contributed by atoms with van der Waals surface area (Å²) >= 11 is 0. The highest BCUT2D eigenvalue weighted by atomic mass is 16.5. The van der Waals surface area contributed by atoms with Crippen molar-refractivity contribution in [1.29, 1.82) is 0 Å². The first-order valence-corrected chi connectivity index (χ1v) is 4.74. The van der Waals surface area contributed by atoms with Gasteiger partial charge in [-0.1, -0.05) is 0 Å². The van der Waals surface area contributed by atoms with Gasteiger partial charge in [0.2, 0.25) is 5.91 Å². The van der Waals surface area contributed by atoms with Crippen LogP contribution in [0.25, 0.3) is 0 Å². The number of rotatable bonds is 2. The molecule has 0 atom stereocenters. The predicted octanol–water partition coefficient (Wildman–Crippen LogP) is 0.692. The lowest BCUT2D eigenvalue weighted by molar-refractivity contribution is -0.123. The van der Waals surface area contributed by atoms with Crippen LogP contribution >= 0.6 is 0 Å². The average Bonchev–Trinajstić information content (AvgIpc) is 2.88. The van der Waals surface area contributed by atoms with Gasteiger partial charge in [-0.25, -0.2) is 0 Å². The standard InChI is InChI=1S/C9H15NO2/c11-9(7-1-2-7)10-8-3-5-12-6-4-8/h7-8H,1-6H2,(H,10,11). The topological polar surface area (TPSA) is 38.3 Å². The van der Waals surface area contributed by atoms with Crippen LogP contribution in [0.1, 0.15) is 25.7 Å². The van der Waals surface area contributed by atoms with Gasteiger partial charge in [-0.2, -0.15) is 0 Å². The van der Waals surface area contributed by atoms with Crippen LogP contribution < -0.4 is 5.32 Å². The molecular weight excluding hydrogens is 154 g/mol. The predicted molar refractivity (Wildman–Crippen MR) is 44.7 cm³/mol. The van der Waals surface area contributed by atoms with Crippen LogP contribution in [0, 0.1) is 5.92 Å². The third-order valence-corrected chi connectivity index (χ3v) is 2.52. The van der Waals surface area contributed by atoms with E-state index in [1.54, 1.807) is 0 Å².